The summed E-state index contributed by atoms with van der Waals surface area (Å²) in [5.41, 5.74) is 0. The minimum absolute atomic E-state index is 0.0164. The highest BCUT2D eigenvalue weighted by atomic mass is 16.3. The molecule has 0 aromatic carbocycles. The van der Waals surface area contributed by atoms with E-state index in [1.807, 2.05) is 6.08 Å². The minimum atomic E-state index is -0.925. The van der Waals surface area contributed by atoms with Crippen LogP contribution < -0.4 is 5.32 Å². The lowest BCUT2D eigenvalue weighted by Gasteiger charge is -2.21. The van der Waals surface area contributed by atoms with Gasteiger partial charge in [-0.1, -0.05) is 250 Å². The standard InChI is InChI=1S/C52H101NO4/c1-3-5-7-9-11-13-15-16-17-18-19-20-21-22-23-24-25-26-27-28-29-30-31-32-33-34-36-37-39-41-43-45-49(55)47-52(57)53-50(48-54)51(56)46-44-42-40-38-35-14-12-10-8-6-4-2/h22-23,44,46,49-51,54-56H,3-21,24-43,45,47-48H2,1-2H3,(H,53,57)/b23-22-,46-44+. The molecule has 0 bridgehead atoms. The van der Waals surface area contributed by atoms with E-state index in [0.29, 0.717) is 6.42 Å². The monoisotopic (exact) mass is 804 g/mol. The number of nitrogens with one attached hydrogen (secondary N) is 1. The maximum absolute atomic E-state index is 12.4. The second-order valence-electron chi connectivity index (χ2n) is 17.8. The summed E-state index contributed by atoms with van der Waals surface area (Å²) in [5.74, 6) is -0.314. The number of hydrogen-bond donors (Lipinski definition) is 4. The van der Waals surface area contributed by atoms with Crippen molar-refractivity contribution in [1.82, 2.24) is 5.32 Å². The first-order chi connectivity index (χ1) is 28.0. The van der Waals surface area contributed by atoms with Crippen LogP contribution in [0.1, 0.15) is 277 Å². The molecule has 0 aromatic heterocycles. The van der Waals surface area contributed by atoms with Gasteiger partial charge in [-0.15, -0.1) is 0 Å². The number of carbonyl (C=O) groups is 1. The van der Waals surface area contributed by atoms with Crippen LogP contribution in [0.25, 0.3) is 0 Å². The van der Waals surface area contributed by atoms with E-state index in [1.165, 1.54) is 225 Å². The molecule has 0 aliphatic rings. The van der Waals surface area contributed by atoms with Gasteiger partial charge in [-0.25, -0.2) is 0 Å². The van der Waals surface area contributed by atoms with Gasteiger partial charge in [0.25, 0.3) is 0 Å². The number of amides is 1. The number of unbranched alkanes of at least 4 members (excludes halogenated alkanes) is 36. The lowest BCUT2D eigenvalue weighted by Crippen LogP contribution is -2.45. The molecule has 4 N–H and O–H groups in total. The van der Waals surface area contributed by atoms with Crippen molar-refractivity contribution in [3.63, 3.8) is 0 Å². The number of aliphatic hydroxyl groups is 3. The number of rotatable bonds is 47. The van der Waals surface area contributed by atoms with Crippen molar-refractivity contribution >= 4 is 5.91 Å². The Bertz CT molecular complexity index is 844. The Balaban J connectivity index is 3.49. The van der Waals surface area contributed by atoms with Gasteiger partial charge in [0.1, 0.15) is 0 Å². The van der Waals surface area contributed by atoms with E-state index in [1.54, 1.807) is 6.08 Å². The predicted octanol–water partition coefficient (Wildman–Crippen LogP) is 15.3. The molecule has 0 radical (unpaired) electrons. The Morgan fingerprint density at radius 1 is 0.439 bits per heavy atom. The summed E-state index contributed by atoms with van der Waals surface area (Å²) in [6, 6.07) is -0.740. The van der Waals surface area contributed by atoms with Crippen molar-refractivity contribution < 1.29 is 20.1 Å². The van der Waals surface area contributed by atoms with Crippen LogP contribution in [0.5, 0.6) is 0 Å². The Hall–Kier alpha value is -1.17. The molecule has 0 saturated carbocycles. The molecule has 0 heterocycles. The average Bonchev–Trinajstić information content (AvgIpc) is 3.20. The summed E-state index contributed by atoms with van der Waals surface area (Å²) in [5, 5.41) is 33.2. The molecule has 57 heavy (non-hydrogen) atoms. The molecule has 0 aromatic rings. The first kappa shape index (κ1) is 55.8. The number of aliphatic hydroxyl groups excluding tert-OH is 3. The van der Waals surface area contributed by atoms with Crippen LogP contribution in [0.4, 0.5) is 0 Å². The second-order valence-corrected chi connectivity index (χ2v) is 17.8. The fourth-order valence-electron chi connectivity index (χ4n) is 8.04. The van der Waals surface area contributed by atoms with Crippen LogP contribution in [-0.4, -0.2) is 46.1 Å². The van der Waals surface area contributed by atoms with Crippen LogP contribution >= 0.6 is 0 Å². The van der Waals surface area contributed by atoms with Gasteiger partial charge in [-0.3, -0.25) is 4.79 Å². The maximum Gasteiger partial charge on any atom is 0.222 e. The van der Waals surface area contributed by atoms with Gasteiger partial charge in [0.2, 0.25) is 5.91 Å². The fraction of sp³-hybridized carbons (Fsp3) is 0.904. The summed E-state index contributed by atoms with van der Waals surface area (Å²) in [7, 11) is 0. The Labute approximate surface area is 356 Å². The van der Waals surface area contributed by atoms with Crippen LogP contribution in [0, 0.1) is 0 Å². The third kappa shape index (κ3) is 44.2. The van der Waals surface area contributed by atoms with Crippen molar-refractivity contribution in [1.29, 1.82) is 0 Å². The van der Waals surface area contributed by atoms with Crippen molar-refractivity contribution in [3.8, 4) is 0 Å². The van der Waals surface area contributed by atoms with Crippen molar-refractivity contribution in [2.45, 2.75) is 295 Å². The van der Waals surface area contributed by atoms with Gasteiger partial charge in [-0.2, -0.15) is 0 Å². The zero-order chi connectivity index (χ0) is 41.5. The number of allylic oxidation sites excluding steroid dienone is 3. The van der Waals surface area contributed by atoms with E-state index in [2.05, 4.69) is 31.3 Å². The molecule has 0 fully saturated rings. The molecule has 0 spiro atoms. The minimum Gasteiger partial charge on any atom is -0.394 e. The molecule has 0 saturated heterocycles. The Kier molecular flexibility index (Phi) is 46.5. The SMILES string of the molecule is CCCCCCCCCCC/C=C/C(O)C(CO)NC(=O)CC(O)CCCCCCCCCCCCCCCCC/C=C\CCCCCCCCCCCCCC. The maximum atomic E-state index is 12.4. The summed E-state index contributed by atoms with van der Waals surface area (Å²) in [6.07, 6.45) is 59.3. The van der Waals surface area contributed by atoms with E-state index < -0.39 is 18.2 Å². The molecular weight excluding hydrogens is 703 g/mol. The zero-order valence-corrected chi connectivity index (χ0v) is 38.5. The molecule has 3 unspecified atom stereocenters. The molecule has 0 aliphatic carbocycles. The fourth-order valence-corrected chi connectivity index (χ4v) is 8.04. The van der Waals surface area contributed by atoms with Crippen molar-refractivity contribution in [2.75, 3.05) is 6.61 Å². The van der Waals surface area contributed by atoms with Crippen LogP contribution in [0.3, 0.4) is 0 Å². The summed E-state index contributed by atoms with van der Waals surface area (Å²) in [4.78, 5) is 12.4. The third-order valence-electron chi connectivity index (χ3n) is 12.0. The first-order valence-corrected chi connectivity index (χ1v) is 25.6. The second kappa shape index (κ2) is 47.5. The van der Waals surface area contributed by atoms with Gasteiger partial charge in [0.15, 0.2) is 0 Å². The first-order valence-electron chi connectivity index (χ1n) is 25.6. The van der Waals surface area contributed by atoms with E-state index >= 15 is 0 Å². The third-order valence-corrected chi connectivity index (χ3v) is 12.0. The van der Waals surface area contributed by atoms with Gasteiger partial charge in [-0.05, 0) is 44.9 Å². The van der Waals surface area contributed by atoms with E-state index in [0.717, 1.165) is 25.7 Å². The molecule has 5 nitrogen and oxygen atoms in total. The quantitative estimate of drug-likeness (QED) is 0.0364. The topological polar surface area (TPSA) is 89.8 Å². The number of carbonyl (C=O) groups excluding carboxylic acids is 1. The average molecular weight is 804 g/mol. The molecule has 1 amide bonds. The molecule has 0 aliphatic heterocycles. The van der Waals surface area contributed by atoms with E-state index in [9.17, 15) is 20.1 Å². The van der Waals surface area contributed by atoms with Gasteiger partial charge >= 0.3 is 0 Å². The van der Waals surface area contributed by atoms with Crippen LogP contribution in [-0.2, 0) is 4.79 Å². The largest absolute Gasteiger partial charge is 0.394 e. The molecule has 5 heteroatoms. The summed E-state index contributed by atoms with van der Waals surface area (Å²) >= 11 is 0. The predicted molar refractivity (Wildman–Crippen MR) is 250 cm³/mol. The summed E-state index contributed by atoms with van der Waals surface area (Å²) in [6.45, 7) is 4.21. The van der Waals surface area contributed by atoms with Crippen LogP contribution in [0.2, 0.25) is 0 Å². The van der Waals surface area contributed by atoms with Gasteiger partial charge in [0.05, 0.1) is 31.3 Å². The highest BCUT2D eigenvalue weighted by Crippen LogP contribution is 2.17. The van der Waals surface area contributed by atoms with Crippen molar-refractivity contribution in [3.05, 3.63) is 24.3 Å². The molecule has 338 valence electrons. The van der Waals surface area contributed by atoms with Gasteiger partial charge in [0, 0.05) is 0 Å². The number of hydrogen-bond acceptors (Lipinski definition) is 4. The molecular formula is C52H101NO4. The highest BCUT2D eigenvalue weighted by Gasteiger charge is 2.20. The highest BCUT2D eigenvalue weighted by molar-refractivity contribution is 5.76. The van der Waals surface area contributed by atoms with Gasteiger partial charge < -0.3 is 20.6 Å². The Morgan fingerprint density at radius 3 is 1.07 bits per heavy atom. The smallest absolute Gasteiger partial charge is 0.222 e. The molecule has 3 atom stereocenters. The lowest BCUT2D eigenvalue weighted by atomic mass is 10.0. The van der Waals surface area contributed by atoms with E-state index in [4.69, 9.17) is 0 Å². The van der Waals surface area contributed by atoms with Crippen molar-refractivity contribution in [2.24, 2.45) is 0 Å². The lowest BCUT2D eigenvalue weighted by molar-refractivity contribution is -0.124. The molecule has 0 rings (SSSR count). The summed E-state index contributed by atoms with van der Waals surface area (Å²) < 4.78 is 0. The zero-order valence-electron chi connectivity index (χ0n) is 38.5. The van der Waals surface area contributed by atoms with E-state index in [-0.39, 0.29) is 18.9 Å². The Morgan fingerprint density at radius 2 is 0.737 bits per heavy atom. The normalized spacial score (nSPS) is 13.6. The van der Waals surface area contributed by atoms with Crippen LogP contribution in [0.15, 0.2) is 24.3 Å².